The average molecular weight is 529 g/mol. The lowest BCUT2D eigenvalue weighted by molar-refractivity contribution is 0.238. The molecule has 38 heavy (non-hydrogen) atoms. The van der Waals surface area contributed by atoms with Gasteiger partial charge in [-0.15, -0.1) is 0 Å². The van der Waals surface area contributed by atoms with Crippen LogP contribution in [0.2, 0.25) is 0 Å². The predicted octanol–water partition coefficient (Wildman–Crippen LogP) is 5.18. The Morgan fingerprint density at radius 2 is 1.87 bits per heavy atom. The van der Waals surface area contributed by atoms with Crippen LogP contribution in [0.5, 0.6) is 5.75 Å². The molecule has 6 rings (SSSR count). The maximum Gasteiger partial charge on any atom is 0.156 e. The molecule has 0 aliphatic carbocycles. The first kappa shape index (κ1) is 24.8. The first-order valence-electron chi connectivity index (χ1n) is 13.2. The Hall–Kier alpha value is -3.56. The second-order valence-corrected chi connectivity index (χ2v) is 10.7. The molecule has 1 aromatic carbocycles. The minimum Gasteiger partial charge on any atom is -0.492 e. The van der Waals surface area contributed by atoms with Crippen molar-refractivity contribution in [3.05, 3.63) is 90.4 Å². The predicted molar refractivity (Wildman–Crippen MR) is 149 cm³/mol. The number of thioether (sulfide) groups is 1. The van der Waals surface area contributed by atoms with Gasteiger partial charge in [0, 0.05) is 37.0 Å². The maximum absolute atomic E-state index is 5.95. The number of hydrogen-bond acceptors (Lipinski definition) is 7. The van der Waals surface area contributed by atoms with Crippen LogP contribution in [0.15, 0.2) is 77.7 Å². The Morgan fingerprint density at radius 3 is 2.71 bits per heavy atom. The molecule has 5 heterocycles. The number of pyridine rings is 1. The number of likely N-dealkylation sites (tertiary alicyclic amines) is 1. The third-order valence-electron chi connectivity index (χ3n) is 6.78. The smallest absolute Gasteiger partial charge is 0.156 e. The van der Waals surface area contributed by atoms with E-state index < -0.39 is 0 Å². The Labute approximate surface area is 226 Å². The van der Waals surface area contributed by atoms with Gasteiger partial charge in [0.25, 0.3) is 0 Å². The number of hydrogen-bond donors (Lipinski definition) is 0. The minimum absolute atomic E-state index is 0.668. The molecule has 4 aromatic heterocycles. The van der Waals surface area contributed by atoms with Gasteiger partial charge >= 0.3 is 0 Å². The Morgan fingerprint density at radius 1 is 0.974 bits per heavy atom. The Kier molecular flexibility index (Phi) is 7.74. The van der Waals surface area contributed by atoms with Gasteiger partial charge in [-0.25, -0.2) is 9.50 Å². The Balaban J connectivity index is 1.06. The maximum atomic E-state index is 5.95. The van der Waals surface area contributed by atoms with E-state index >= 15 is 0 Å². The van der Waals surface area contributed by atoms with Crippen LogP contribution in [-0.2, 0) is 18.7 Å². The van der Waals surface area contributed by atoms with E-state index in [1.807, 2.05) is 63.6 Å². The summed E-state index contributed by atoms with van der Waals surface area (Å²) in [6.45, 7) is 4.96. The van der Waals surface area contributed by atoms with E-state index in [0.29, 0.717) is 6.42 Å². The number of benzene rings is 1. The van der Waals surface area contributed by atoms with Gasteiger partial charge in [0.1, 0.15) is 18.1 Å². The lowest BCUT2D eigenvalue weighted by Crippen LogP contribution is -2.25. The van der Waals surface area contributed by atoms with E-state index in [9.17, 15) is 0 Å². The van der Waals surface area contributed by atoms with Gasteiger partial charge < -0.3 is 9.15 Å². The third-order valence-corrected chi connectivity index (χ3v) is 7.74. The molecule has 8 nitrogen and oxygen atoms in total. The van der Waals surface area contributed by atoms with E-state index in [2.05, 4.69) is 34.4 Å². The number of furan rings is 1. The van der Waals surface area contributed by atoms with Gasteiger partial charge in [0.2, 0.25) is 0 Å². The van der Waals surface area contributed by atoms with E-state index in [-0.39, 0.29) is 0 Å². The summed E-state index contributed by atoms with van der Waals surface area (Å²) in [5.74, 6) is 4.54. The molecule has 0 spiro atoms. The normalized spacial score (nSPS) is 14.0. The van der Waals surface area contributed by atoms with Crippen molar-refractivity contribution in [2.24, 2.45) is 0 Å². The van der Waals surface area contributed by atoms with Crippen LogP contribution in [-0.4, -0.2) is 61.3 Å². The zero-order valence-corrected chi connectivity index (χ0v) is 22.2. The third kappa shape index (κ3) is 6.11. The van der Waals surface area contributed by atoms with Gasteiger partial charge in [-0.05, 0) is 67.9 Å². The van der Waals surface area contributed by atoms with E-state index in [4.69, 9.17) is 19.2 Å². The van der Waals surface area contributed by atoms with Crippen LogP contribution in [0.1, 0.15) is 30.0 Å². The molecule has 1 aliphatic heterocycles. The van der Waals surface area contributed by atoms with Crippen molar-refractivity contribution in [2.45, 2.75) is 31.6 Å². The Bertz CT molecular complexity index is 1440. The minimum atomic E-state index is 0.668. The molecule has 0 radical (unpaired) electrons. The molecule has 0 saturated carbocycles. The van der Waals surface area contributed by atoms with E-state index in [1.54, 1.807) is 6.26 Å². The van der Waals surface area contributed by atoms with Crippen molar-refractivity contribution in [3.63, 3.8) is 0 Å². The molecule has 5 aromatic rings. The molecule has 0 bridgehead atoms. The topological polar surface area (TPSA) is 73.6 Å². The number of aromatic nitrogens is 5. The highest BCUT2D eigenvalue weighted by Gasteiger charge is 2.13. The molecule has 0 atom stereocenters. The average Bonchev–Trinajstić information content (AvgIpc) is 3.75. The summed E-state index contributed by atoms with van der Waals surface area (Å²) >= 11 is 1.84. The number of ether oxygens (including phenoxy) is 1. The van der Waals surface area contributed by atoms with Crippen molar-refractivity contribution in [1.82, 2.24) is 29.3 Å². The number of fused-ring (bicyclic) bond motifs is 1. The van der Waals surface area contributed by atoms with Gasteiger partial charge in [-0.2, -0.15) is 22.0 Å². The van der Waals surface area contributed by atoms with Crippen molar-refractivity contribution in [1.29, 1.82) is 0 Å². The van der Waals surface area contributed by atoms with Crippen molar-refractivity contribution in [3.8, 4) is 17.0 Å². The van der Waals surface area contributed by atoms with Gasteiger partial charge in [0.05, 0.1) is 23.9 Å². The summed E-state index contributed by atoms with van der Waals surface area (Å²) in [4.78, 5) is 7.24. The lowest BCUT2D eigenvalue weighted by Gasteiger charge is -2.14. The highest BCUT2D eigenvalue weighted by atomic mass is 32.2. The van der Waals surface area contributed by atoms with Crippen molar-refractivity contribution >= 4 is 17.4 Å². The summed E-state index contributed by atoms with van der Waals surface area (Å²) in [6.07, 6.45) is 8.98. The molecular formula is C29H32N6O2S. The quantitative estimate of drug-likeness (QED) is 0.207. The highest BCUT2D eigenvalue weighted by Crippen LogP contribution is 2.21. The largest absolute Gasteiger partial charge is 0.492 e. The molecule has 9 heteroatoms. The summed E-state index contributed by atoms with van der Waals surface area (Å²) in [6, 6.07) is 18.3. The zero-order chi connectivity index (χ0) is 25.6. The standard InChI is InChI=1S/C29H32N6O2S/c1-2-13-33(12-1)14-17-37-25-10-8-23(9-11-25)19-28-31-29-7-3-6-27(35(29)32-28)24-20-30-34(21-24)15-18-38-22-26-5-4-16-36-26/h3-11,16,20-21H,1-2,12-15,17-19,22H2. The molecular weight excluding hydrogens is 496 g/mol. The number of rotatable bonds is 12. The fourth-order valence-corrected chi connectivity index (χ4v) is 5.60. The molecule has 0 N–H and O–H groups in total. The molecule has 0 amide bonds. The second-order valence-electron chi connectivity index (χ2n) is 9.55. The van der Waals surface area contributed by atoms with Crippen LogP contribution < -0.4 is 4.74 Å². The zero-order valence-electron chi connectivity index (χ0n) is 21.4. The molecule has 1 aliphatic rings. The van der Waals surface area contributed by atoms with Crippen molar-refractivity contribution < 1.29 is 9.15 Å². The van der Waals surface area contributed by atoms with Gasteiger partial charge in [-0.3, -0.25) is 9.58 Å². The first-order valence-corrected chi connectivity index (χ1v) is 14.4. The monoisotopic (exact) mass is 528 g/mol. The molecule has 0 unspecified atom stereocenters. The summed E-state index contributed by atoms with van der Waals surface area (Å²) in [7, 11) is 0. The molecule has 196 valence electrons. The van der Waals surface area contributed by atoms with E-state index in [0.717, 1.165) is 71.0 Å². The van der Waals surface area contributed by atoms with Gasteiger partial charge in [-0.1, -0.05) is 18.2 Å². The SMILES string of the molecule is c1coc(CSCCn2cc(-c3cccc4nc(Cc5ccc(OCCN6CCCC6)cc5)nn34)cn2)c1. The second kappa shape index (κ2) is 11.9. The van der Waals surface area contributed by atoms with E-state index in [1.165, 1.54) is 25.9 Å². The van der Waals surface area contributed by atoms with Crippen LogP contribution in [0.4, 0.5) is 0 Å². The van der Waals surface area contributed by atoms with Crippen LogP contribution in [0.3, 0.4) is 0 Å². The van der Waals surface area contributed by atoms with Gasteiger partial charge in [0.15, 0.2) is 11.5 Å². The van der Waals surface area contributed by atoms with Crippen molar-refractivity contribution in [2.75, 3.05) is 32.0 Å². The van der Waals surface area contributed by atoms with Crippen LogP contribution in [0.25, 0.3) is 16.9 Å². The summed E-state index contributed by atoms with van der Waals surface area (Å²) in [5.41, 5.74) is 4.01. The number of nitrogens with zero attached hydrogens (tertiary/aromatic N) is 6. The van der Waals surface area contributed by atoms with Crippen LogP contribution in [0, 0.1) is 0 Å². The van der Waals surface area contributed by atoms with Crippen LogP contribution >= 0.6 is 11.8 Å². The fourth-order valence-electron chi connectivity index (χ4n) is 4.77. The first-order chi connectivity index (χ1) is 18.8. The fraction of sp³-hybridized carbons (Fsp3) is 0.345. The summed E-state index contributed by atoms with van der Waals surface area (Å²) < 4.78 is 15.2. The molecule has 1 fully saturated rings. The number of aryl methyl sites for hydroxylation is 1. The molecule has 1 saturated heterocycles. The lowest BCUT2D eigenvalue weighted by atomic mass is 10.1. The summed E-state index contributed by atoms with van der Waals surface area (Å²) in [5, 5.41) is 9.39. The highest BCUT2D eigenvalue weighted by molar-refractivity contribution is 7.98.